The zero-order valence-corrected chi connectivity index (χ0v) is 9.41. The summed E-state index contributed by atoms with van der Waals surface area (Å²) >= 11 is 0. The molecule has 0 N–H and O–H groups in total. The molecule has 0 saturated heterocycles. The molecule has 14 heavy (non-hydrogen) atoms. The summed E-state index contributed by atoms with van der Waals surface area (Å²) in [5, 5.41) is 0. The van der Waals surface area contributed by atoms with Gasteiger partial charge in [-0.05, 0) is 12.8 Å². The Kier molecular flexibility index (Phi) is 7.42. The number of carbonyl (C=O) groups excluding carboxylic acids is 1. The summed E-state index contributed by atoms with van der Waals surface area (Å²) in [5.41, 5.74) is 0. The van der Waals surface area contributed by atoms with E-state index in [2.05, 4.69) is 4.74 Å². The molecule has 1 unspecified atom stereocenters. The van der Waals surface area contributed by atoms with Crippen molar-refractivity contribution in [3.8, 4) is 0 Å². The van der Waals surface area contributed by atoms with Gasteiger partial charge in [-0.1, -0.05) is 6.92 Å². The van der Waals surface area contributed by atoms with Gasteiger partial charge in [0.25, 0.3) is 0 Å². The van der Waals surface area contributed by atoms with E-state index in [1.807, 2.05) is 6.92 Å². The van der Waals surface area contributed by atoms with Gasteiger partial charge in [0.1, 0.15) is 0 Å². The first-order chi connectivity index (χ1) is 6.65. The predicted octanol–water partition coefficient (Wildman–Crippen LogP) is 1.58. The maximum atomic E-state index is 10.8. The Bertz CT molecular complexity index is 154. The average molecular weight is 204 g/mol. The Hall–Kier alpha value is -0.610. The Morgan fingerprint density at radius 1 is 1.21 bits per heavy atom. The van der Waals surface area contributed by atoms with Gasteiger partial charge in [-0.2, -0.15) is 0 Å². The highest BCUT2D eigenvalue weighted by atomic mass is 16.7. The molecule has 0 aliphatic rings. The number of carbonyl (C=O) groups is 1. The SMILES string of the molecule is COC(=O)CCCC(C)C(OC)OC. The number of methoxy groups -OCH3 is 3. The van der Waals surface area contributed by atoms with E-state index in [0.717, 1.165) is 12.8 Å². The Labute approximate surface area is 85.5 Å². The molecular weight excluding hydrogens is 184 g/mol. The normalized spacial score (nSPS) is 12.9. The number of rotatable bonds is 7. The van der Waals surface area contributed by atoms with Crippen molar-refractivity contribution in [3.05, 3.63) is 0 Å². The van der Waals surface area contributed by atoms with Crippen molar-refractivity contribution in [1.82, 2.24) is 0 Å². The van der Waals surface area contributed by atoms with Crippen LogP contribution in [0.5, 0.6) is 0 Å². The standard InChI is InChI=1S/C10H20O4/c1-8(10(13-3)14-4)6-5-7-9(11)12-2/h8,10H,5-7H2,1-4H3. The second-order valence-corrected chi connectivity index (χ2v) is 3.29. The van der Waals surface area contributed by atoms with E-state index in [4.69, 9.17) is 9.47 Å². The number of hydrogen-bond acceptors (Lipinski definition) is 4. The molecule has 0 radical (unpaired) electrons. The lowest BCUT2D eigenvalue weighted by Gasteiger charge is -2.20. The van der Waals surface area contributed by atoms with Gasteiger partial charge in [-0.25, -0.2) is 0 Å². The molecule has 0 amide bonds. The maximum absolute atomic E-state index is 10.8. The minimum absolute atomic E-state index is 0.163. The zero-order valence-electron chi connectivity index (χ0n) is 9.41. The molecule has 4 nitrogen and oxygen atoms in total. The van der Waals surface area contributed by atoms with Crippen LogP contribution in [-0.2, 0) is 19.0 Å². The fourth-order valence-electron chi connectivity index (χ4n) is 1.37. The second-order valence-electron chi connectivity index (χ2n) is 3.29. The first-order valence-corrected chi connectivity index (χ1v) is 4.78. The quantitative estimate of drug-likeness (QED) is 0.466. The van der Waals surface area contributed by atoms with Gasteiger partial charge in [-0.15, -0.1) is 0 Å². The summed E-state index contributed by atoms with van der Waals surface area (Å²) in [6, 6.07) is 0. The fraction of sp³-hybridized carbons (Fsp3) is 0.900. The van der Waals surface area contributed by atoms with E-state index >= 15 is 0 Å². The molecule has 0 rings (SSSR count). The van der Waals surface area contributed by atoms with Crippen LogP contribution in [-0.4, -0.2) is 33.6 Å². The monoisotopic (exact) mass is 204 g/mol. The summed E-state index contributed by atoms with van der Waals surface area (Å²) in [6.45, 7) is 2.04. The lowest BCUT2D eigenvalue weighted by Crippen LogP contribution is -2.22. The van der Waals surface area contributed by atoms with Crippen molar-refractivity contribution >= 4 is 5.97 Å². The van der Waals surface area contributed by atoms with Crippen LogP contribution in [0.3, 0.4) is 0 Å². The summed E-state index contributed by atoms with van der Waals surface area (Å²) in [6.07, 6.45) is 1.96. The maximum Gasteiger partial charge on any atom is 0.305 e. The molecule has 0 spiro atoms. The van der Waals surface area contributed by atoms with Gasteiger partial charge in [0.05, 0.1) is 7.11 Å². The highest BCUT2D eigenvalue weighted by Gasteiger charge is 2.15. The molecule has 0 aromatic rings. The van der Waals surface area contributed by atoms with Crippen molar-refractivity contribution in [2.45, 2.75) is 32.5 Å². The highest BCUT2D eigenvalue weighted by Crippen LogP contribution is 2.15. The Morgan fingerprint density at radius 2 is 1.79 bits per heavy atom. The number of hydrogen-bond donors (Lipinski definition) is 0. The van der Waals surface area contributed by atoms with E-state index in [1.165, 1.54) is 7.11 Å². The zero-order chi connectivity index (χ0) is 11.0. The van der Waals surface area contributed by atoms with Crippen molar-refractivity contribution in [1.29, 1.82) is 0 Å². The van der Waals surface area contributed by atoms with Crippen LogP contribution < -0.4 is 0 Å². The topological polar surface area (TPSA) is 44.8 Å². The molecule has 0 aromatic carbocycles. The molecule has 0 saturated carbocycles. The van der Waals surface area contributed by atoms with E-state index in [-0.39, 0.29) is 18.2 Å². The van der Waals surface area contributed by atoms with Crippen molar-refractivity contribution in [2.24, 2.45) is 5.92 Å². The minimum atomic E-state index is -0.187. The van der Waals surface area contributed by atoms with Crippen LogP contribution >= 0.6 is 0 Å². The summed E-state index contributed by atoms with van der Waals surface area (Å²) in [5.74, 6) is 0.123. The molecule has 0 heterocycles. The van der Waals surface area contributed by atoms with Crippen LogP contribution in [0, 0.1) is 5.92 Å². The molecule has 0 aromatic heterocycles. The third kappa shape index (κ3) is 5.19. The lowest BCUT2D eigenvalue weighted by atomic mass is 10.0. The molecule has 0 aliphatic heterocycles. The van der Waals surface area contributed by atoms with Gasteiger partial charge in [0, 0.05) is 26.6 Å². The van der Waals surface area contributed by atoms with Gasteiger partial charge in [0.15, 0.2) is 6.29 Å². The van der Waals surface area contributed by atoms with Crippen LogP contribution in [0.1, 0.15) is 26.2 Å². The molecular formula is C10H20O4. The average Bonchev–Trinajstić information content (AvgIpc) is 2.19. The van der Waals surface area contributed by atoms with Crippen molar-refractivity contribution in [2.75, 3.05) is 21.3 Å². The van der Waals surface area contributed by atoms with E-state index in [9.17, 15) is 4.79 Å². The fourth-order valence-corrected chi connectivity index (χ4v) is 1.37. The third-order valence-electron chi connectivity index (χ3n) is 2.20. The Balaban J connectivity index is 3.61. The van der Waals surface area contributed by atoms with E-state index < -0.39 is 0 Å². The molecule has 1 atom stereocenters. The highest BCUT2D eigenvalue weighted by molar-refractivity contribution is 5.68. The molecule has 0 bridgehead atoms. The summed E-state index contributed by atoms with van der Waals surface area (Å²) in [4.78, 5) is 10.8. The van der Waals surface area contributed by atoms with Gasteiger partial charge in [-0.3, -0.25) is 4.79 Å². The third-order valence-corrected chi connectivity index (χ3v) is 2.20. The largest absolute Gasteiger partial charge is 0.469 e. The molecule has 84 valence electrons. The lowest BCUT2D eigenvalue weighted by molar-refractivity contribution is -0.142. The van der Waals surface area contributed by atoms with E-state index in [0.29, 0.717) is 6.42 Å². The summed E-state index contributed by atoms with van der Waals surface area (Å²) < 4.78 is 14.8. The minimum Gasteiger partial charge on any atom is -0.469 e. The van der Waals surface area contributed by atoms with Crippen LogP contribution in [0.15, 0.2) is 0 Å². The first kappa shape index (κ1) is 13.4. The first-order valence-electron chi connectivity index (χ1n) is 4.78. The van der Waals surface area contributed by atoms with Crippen LogP contribution in [0.25, 0.3) is 0 Å². The van der Waals surface area contributed by atoms with Gasteiger partial charge >= 0.3 is 5.97 Å². The molecule has 0 aliphatic carbocycles. The van der Waals surface area contributed by atoms with Crippen LogP contribution in [0.2, 0.25) is 0 Å². The van der Waals surface area contributed by atoms with Crippen LogP contribution in [0.4, 0.5) is 0 Å². The van der Waals surface area contributed by atoms with Crippen molar-refractivity contribution < 1.29 is 19.0 Å². The van der Waals surface area contributed by atoms with Gasteiger partial charge in [0.2, 0.25) is 0 Å². The Morgan fingerprint density at radius 3 is 2.21 bits per heavy atom. The number of ether oxygens (including phenoxy) is 3. The summed E-state index contributed by atoms with van der Waals surface area (Å²) in [7, 11) is 4.63. The smallest absolute Gasteiger partial charge is 0.305 e. The predicted molar refractivity (Wildman–Crippen MR) is 52.8 cm³/mol. The second kappa shape index (κ2) is 7.76. The van der Waals surface area contributed by atoms with E-state index in [1.54, 1.807) is 14.2 Å². The van der Waals surface area contributed by atoms with Crippen molar-refractivity contribution in [3.63, 3.8) is 0 Å². The number of esters is 1. The molecule has 0 fully saturated rings. The molecule has 4 heteroatoms. The van der Waals surface area contributed by atoms with Gasteiger partial charge < -0.3 is 14.2 Å².